The minimum atomic E-state index is 0.750. The number of nitrogens with zero attached hydrogens (tertiary/aromatic N) is 4. The molecule has 5 aromatic rings. The first kappa shape index (κ1) is 18.1. The van der Waals surface area contributed by atoms with E-state index < -0.39 is 0 Å². The number of hydrogen-bond acceptors (Lipinski definition) is 3. The van der Waals surface area contributed by atoms with E-state index in [9.17, 15) is 5.21 Å². The predicted octanol–water partition coefficient (Wildman–Crippen LogP) is 4.95. The van der Waals surface area contributed by atoms with Crippen molar-refractivity contribution < 1.29 is 4.73 Å². The molecule has 30 heavy (non-hydrogen) atoms. The lowest BCUT2D eigenvalue weighted by atomic mass is 10.0. The number of aromatic nitrogens is 4. The van der Waals surface area contributed by atoms with Gasteiger partial charge in [-0.1, -0.05) is 67.6 Å². The quantitative estimate of drug-likeness (QED) is 0.321. The highest BCUT2D eigenvalue weighted by Crippen LogP contribution is 2.29. The molecular formula is C25H20N4O. The van der Waals surface area contributed by atoms with Crippen molar-refractivity contribution in [1.29, 1.82) is 0 Å². The smallest absolute Gasteiger partial charge is 0.188 e. The van der Waals surface area contributed by atoms with Crippen molar-refractivity contribution in [2.24, 2.45) is 0 Å². The van der Waals surface area contributed by atoms with Crippen LogP contribution in [0.4, 0.5) is 0 Å². The summed E-state index contributed by atoms with van der Waals surface area (Å²) in [5.41, 5.74) is 4.30. The van der Waals surface area contributed by atoms with Crippen LogP contribution < -0.4 is 4.73 Å². The van der Waals surface area contributed by atoms with Crippen molar-refractivity contribution in [3.05, 3.63) is 102 Å². The number of hydrogen-bond donors (Lipinski definition) is 0. The van der Waals surface area contributed by atoms with Gasteiger partial charge in [0.1, 0.15) is 5.82 Å². The van der Waals surface area contributed by atoms with Crippen molar-refractivity contribution >= 4 is 10.8 Å². The molecule has 0 atom stereocenters. The summed E-state index contributed by atoms with van der Waals surface area (Å²) in [7, 11) is 0. The van der Waals surface area contributed by atoms with Crippen molar-refractivity contribution in [2.45, 2.75) is 13.3 Å². The molecule has 146 valence electrons. The summed E-state index contributed by atoms with van der Waals surface area (Å²) in [6.07, 6.45) is 3.86. The standard InChI is InChI=1S/C25H20N4O/c1-2-24-26-27-25(20-13-11-19(12-14-20)18-7-4-3-5-8-18)29(24)23-10-6-9-21-17-28(30)16-15-22(21)23/h3-17H,2H2,1H3. The minimum absolute atomic E-state index is 0.750. The molecule has 2 heterocycles. The molecule has 2 aromatic heterocycles. The average Bonchev–Trinajstić information content (AvgIpc) is 3.23. The van der Waals surface area contributed by atoms with Crippen LogP contribution in [0.5, 0.6) is 0 Å². The van der Waals surface area contributed by atoms with E-state index in [0.717, 1.165) is 50.4 Å². The summed E-state index contributed by atoms with van der Waals surface area (Å²) in [5.74, 6) is 1.67. The topological polar surface area (TPSA) is 57.7 Å². The van der Waals surface area contributed by atoms with E-state index in [-0.39, 0.29) is 0 Å². The third-order valence-corrected chi connectivity index (χ3v) is 5.31. The zero-order chi connectivity index (χ0) is 20.5. The number of fused-ring (bicyclic) bond motifs is 1. The van der Waals surface area contributed by atoms with E-state index in [1.54, 1.807) is 6.20 Å². The lowest BCUT2D eigenvalue weighted by Crippen LogP contribution is -2.23. The van der Waals surface area contributed by atoms with Gasteiger partial charge in [0.25, 0.3) is 0 Å². The van der Waals surface area contributed by atoms with Gasteiger partial charge in [-0.15, -0.1) is 10.2 Å². The molecular weight excluding hydrogens is 372 g/mol. The summed E-state index contributed by atoms with van der Waals surface area (Å²) in [4.78, 5) is 0. The van der Waals surface area contributed by atoms with Crippen LogP contribution in [-0.2, 0) is 6.42 Å². The number of benzene rings is 3. The van der Waals surface area contributed by atoms with Crippen LogP contribution in [0.15, 0.2) is 91.3 Å². The fourth-order valence-electron chi connectivity index (χ4n) is 3.82. The van der Waals surface area contributed by atoms with Crippen LogP contribution >= 0.6 is 0 Å². The Kier molecular flexibility index (Phi) is 4.48. The molecule has 0 aliphatic carbocycles. The van der Waals surface area contributed by atoms with Crippen molar-refractivity contribution in [2.75, 3.05) is 0 Å². The van der Waals surface area contributed by atoms with Crippen LogP contribution in [0.3, 0.4) is 0 Å². The van der Waals surface area contributed by atoms with Gasteiger partial charge in [0, 0.05) is 28.8 Å². The van der Waals surface area contributed by atoms with E-state index in [1.165, 1.54) is 11.8 Å². The maximum atomic E-state index is 11.7. The highest BCUT2D eigenvalue weighted by Gasteiger charge is 2.17. The number of rotatable bonds is 4. The highest BCUT2D eigenvalue weighted by atomic mass is 16.5. The van der Waals surface area contributed by atoms with Gasteiger partial charge in [-0.05, 0) is 23.3 Å². The van der Waals surface area contributed by atoms with Crippen molar-refractivity contribution in [3.63, 3.8) is 0 Å². The average molecular weight is 392 g/mol. The summed E-state index contributed by atoms with van der Waals surface area (Å²) >= 11 is 0. The maximum absolute atomic E-state index is 11.7. The predicted molar refractivity (Wildman–Crippen MR) is 118 cm³/mol. The summed E-state index contributed by atoms with van der Waals surface area (Å²) in [5, 5.41) is 22.5. The minimum Gasteiger partial charge on any atom is -0.619 e. The van der Waals surface area contributed by atoms with Crippen LogP contribution in [-0.4, -0.2) is 14.8 Å². The van der Waals surface area contributed by atoms with Crippen molar-refractivity contribution in [1.82, 2.24) is 14.8 Å². The fraction of sp³-hybridized carbons (Fsp3) is 0.0800. The highest BCUT2D eigenvalue weighted by molar-refractivity contribution is 5.89. The van der Waals surface area contributed by atoms with Gasteiger partial charge >= 0.3 is 0 Å². The SMILES string of the molecule is CCc1nnc(-c2ccc(-c3ccccc3)cc2)n1-c1cccc2c[n+]([O-])ccc12. The Labute approximate surface area is 174 Å². The van der Waals surface area contributed by atoms with Gasteiger partial charge in [-0.3, -0.25) is 4.57 Å². The molecule has 0 saturated heterocycles. The molecule has 0 amide bonds. The third-order valence-electron chi connectivity index (χ3n) is 5.31. The maximum Gasteiger partial charge on any atom is 0.188 e. The molecule has 5 rings (SSSR count). The van der Waals surface area contributed by atoms with Gasteiger partial charge in [-0.2, -0.15) is 4.73 Å². The first-order chi connectivity index (χ1) is 14.7. The van der Waals surface area contributed by atoms with Crippen LogP contribution in [0.2, 0.25) is 0 Å². The van der Waals surface area contributed by atoms with Crippen LogP contribution in [0.1, 0.15) is 12.7 Å². The second-order valence-corrected chi connectivity index (χ2v) is 7.16. The number of aryl methyl sites for hydroxylation is 1. The summed E-state index contributed by atoms with van der Waals surface area (Å²) in [6, 6.07) is 26.5. The van der Waals surface area contributed by atoms with E-state index in [2.05, 4.69) is 58.1 Å². The Bertz CT molecular complexity index is 1320. The molecule has 3 aromatic carbocycles. The molecule has 5 heteroatoms. The largest absolute Gasteiger partial charge is 0.619 e. The molecule has 0 aliphatic heterocycles. The first-order valence-electron chi connectivity index (χ1n) is 9.96. The van der Waals surface area contributed by atoms with Gasteiger partial charge < -0.3 is 5.21 Å². The Morgan fingerprint density at radius 3 is 2.30 bits per heavy atom. The fourth-order valence-corrected chi connectivity index (χ4v) is 3.82. The molecule has 0 saturated carbocycles. The monoisotopic (exact) mass is 392 g/mol. The zero-order valence-electron chi connectivity index (χ0n) is 16.6. The summed E-state index contributed by atoms with van der Waals surface area (Å²) < 4.78 is 2.91. The van der Waals surface area contributed by atoms with Gasteiger partial charge in [0.05, 0.1) is 5.69 Å². The van der Waals surface area contributed by atoms with Gasteiger partial charge in [-0.25, -0.2) is 0 Å². The molecule has 0 unspecified atom stereocenters. The van der Waals surface area contributed by atoms with Crippen molar-refractivity contribution in [3.8, 4) is 28.2 Å². The molecule has 0 fully saturated rings. The van der Waals surface area contributed by atoms with E-state index >= 15 is 0 Å². The molecule has 5 nitrogen and oxygen atoms in total. The van der Waals surface area contributed by atoms with Crippen LogP contribution in [0.25, 0.3) is 39.0 Å². The van der Waals surface area contributed by atoms with Gasteiger partial charge in [0.2, 0.25) is 0 Å². The number of pyridine rings is 1. The Hall–Kier alpha value is -3.99. The van der Waals surface area contributed by atoms with Gasteiger partial charge in [0.15, 0.2) is 18.2 Å². The lowest BCUT2D eigenvalue weighted by molar-refractivity contribution is -0.603. The molecule has 0 spiro atoms. The third kappa shape index (κ3) is 3.10. The first-order valence-corrected chi connectivity index (χ1v) is 9.96. The molecule has 0 N–H and O–H groups in total. The Morgan fingerprint density at radius 1 is 0.800 bits per heavy atom. The molecule has 0 radical (unpaired) electrons. The van der Waals surface area contributed by atoms with Crippen LogP contribution in [0, 0.1) is 5.21 Å². The second kappa shape index (κ2) is 7.44. The lowest BCUT2D eigenvalue weighted by Gasteiger charge is -2.13. The van der Waals surface area contributed by atoms with E-state index in [4.69, 9.17) is 0 Å². The Balaban J connectivity index is 1.65. The van der Waals surface area contributed by atoms with E-state index in [0.29, 0.717) is 0 Å². The molecule has 0 aliphatic rings. The molecule has 0 bridgehead atoms. The normalized spacial score (nSPS) is 11.1. The summed E-state index contributed by atoms with van der Waals surface area (Å²) in [6.45, 7) is 2.07. The second-order valence-electron chi connectivity index (χ2n) is 7.16. The Morgan fingerprint density at radius 2 is 1.53 bits per heavy atom. The van der Waals surface area contributed by atoms with E-state index in [1.807, 2.05) is 42.5 Å². The zero-order valence-corrected chi connectivity index (χ0v) is 16.6.